The van der Waals surface area contributed by atoms with Crippen molar-refractivity contribution in [1.82, 2.24) is 0 Å². The zero-order chi connectivity index (χ0) is 17.8. The molecule has 10 nitrogen and oxygen atoms in total. The second-order valence-electron chi connectivity index (χ2n) is 4.46. The summed E-state index contributed by atoms with van der Waals surface area (Å²) in [6.07, 6.45) is 0. The predicted molar refractivity (Wildman–Crippen MR) is 95.1 cm³/mol. The van der Waals surface area contributed by atoms with Crippen LogP contribution in [-0.2, 0) is 30.4 Å². The van der Waals surface area contributed by atoms with E-state index in [4.69, 9.17) is 10.3 Å². The zero-order valence-electron chi connectivity index (χ0n) is 13.9. The van der Waals surface area contributed by atoms with Gasteiger partial charge in [0.2, 0.25) is 0 Å². The van der Waals surface area contributed by atoms with E-state index >= 15 is 0 Å². The van der Waals surface area contributed by atoms with Gasteiger partial charge in [0.05, 0.1) is 4.90 Å². The first-order valence-corrected chi connectivity index (χ1v) is 9.83. The first-order chi connectivity index (χ1) is 10.2. The number of rotatable bonds is 3. The molecule has 2 aromatic rings. The van der Waals surface area contributed by atoms with E-state index in [1.807, 2.05) is 0 Å². The van der Waals surface area contributed by atoms with Crippen molar-refractivity contribution >= 4 is 135 Å². The molecular weight excluding hydrogens is 443 g/mol. The third-order valence-corrected chi connectivity index (χ3v) is 5.46. The van der Waals surface area contributed by atoms with Gasteiger partial charge in [-0.25, -0.2) is 0 Å². The summed E-state index contributed by atoms with van der Waals surface area (Å²) in [5.41, 5.74) is 5.17. The van der Waals surface area contributed by atoms with Crippen LogP contribution in [0, 0.1) is 0 Å². The van der Waals surface area contributed by atoms with Crippen molar-refractivity contribution in [2.24, 2.45) is 0 Å². The standard InChI is InChI=1S/C10H9NO9S3.3Na/c11-5-1-7-8(9(2-5)22(15,16)17)3-6(21(12,13)14)4-10(7)23(18,19)20;;;/h1-4H,11H2,(H,12,13,14)(H,15,16,17)(H,18,19,20);;;. The van der Waals surface area contributed by atoms with E-state index in [9.17, 15) is 34.4 Å². The van der Waals surface area contributed by atoms with Gasteiger partial charge in [-0.3, -0.25) is 13.7 Å². The molecule has 0 amide bonds. The normalized spacial score (nSPS) is 11.8. The van der Waals surface area contributed by atoms with Gasteiger partial charge in [0.1, 0.15) is 9.79 Å². The summed E-state index contributed by atoms with van der Waals surface area (Å²) in [4.78, 5) is -2.88. The molecule has 3 radical (unpaired) electrons. The summed E-state index contributed by atoms with van der Waals surface area (Å²) in [6.45, 7) is 0. The average Bonchev–Trinajstić information content (AvgIpc) is 2.32. The number of fused-ring (bicyclic) bond motifs is 1. The van der Waals surface area contributed by atoms with Gasteiger partial charge in [0, 0.05) is 105 Å². The number of benzene rings is 2. The van der Waals surface area contributed by atoms with Crippen molar-refractivity contribution in [3.8, 4) is 0 Å². The van der Waals surface area contributed by atoms with E-state index in [1.54, 1.807) is 0 Å². The average molecular weight is 452 g/mol. The molecule has 0 aliphatic heterocycles. The van der Waals surface area contributed by atoms with Crippen molar-refractivity contribution in [2.45, 2.75) is 14.7 Å². The summed E-state index contributed by atoms with van der Waals surface area (Å²) in [5.74, 6) is 0. The molecule has 0 heterocycles. The summed E-state index contributed by atoms with van der Waals surface area (Å²) in [6, 6.07) is 2.78. The Bertz CT molecular complexity index is 1150. The molecule has 0 saturated carbocycles. The van der Waals surface area contributed by atoms with Crippen LogP contribution in [0.15, 0.2) is 39.0 Å². The molecule has 2 rings (SSSR count). The smallest absolute Gasteiger partial charge is 0.295 e. The maximum absolute atomic E-state index is 11.4. The van der Waals surface area contributed by atoms with Crippen molar-refractivity contribution < 1.29 is 38.9 Å². The SMILES string of the molecule is Nc1cc(S(=O)(=O)O)c2cc(S(=O)(=O)O)cc(S(=O)(=O)O)c2c1.[Na].[Na].[Na]. The molecule has 0 spiro atoms. The first kappa shape index (κ1) is 29.4. The molecule has 0 atom stereocenters. The van der Waals surface area contributed by atoms with Gasteiger partial charge >= 0.3 is 0 Å². The largest absolute Gasteiger partial charge is 0.399 e. The van der Waals surface area contributed by atoms with Gasteiger partial charge in [-0.1, -0.05) is 0 Å². The van der Waals surface area contributed by atoms with Crippen LogP contribution in [0.25, 0.3) is 10.8 Å². The second kappa shape index (κ2) is 9.82. The fraction of sp³-hybridized carbons (Fsp3) is 0. The summed E-state index contributed by atoms with van der Waals surface area (Å²) in [7, 11) is -14.8. The molecule has 26 heavy (non-hydrogen) atoms. The Labute approximate surface area is 216 Å². The third kappa shape index (κ3) is 6.64. The van der Waals surface area contributed by atoms with Gasteiger partial charge in [0.15, 0.2) is 0 Å². The number of hydrogen-bond acceptors (Lipinski definition) is 7. The summed E-state index contributed by atoms with van der Waals surface area (Å²) < 4.78 is 95.5. The van der Waals surface area contributed by atoms with E-state index in [0.29, 0.717) is 12.1 Å². The van der Waals surface area contributed by atoms with E-state index in [-0.39, 0.29) is 94.4 Å². The molecule has 0 aromatic heterocycles. The van der Waals surface area contributed by atoms with Crippen LogP contribution in [0.4, 0.5) is 5.69 Å². The van der Waals surface area contributed by atoms with E-state index in [2.05, 4.69) is 0 Å². The molecule has 129 valence electrons. The van der Waals surface area contributed by atoms with Crippen LogP contribution in [0.5, 0.6) is 0 Å². The van der Waals surface area contributed by atoms with Crippen molar-refractivity contribution in [1.29, 1.82) is 0 Å². The summed E-state index contributed by atoms with van der Waals surface area (Å²) >= 11 is 0. The van der Waals surface area contributed by atoms with Crippen LogP contribution >= 0.6 is 0 Å². The molecular formula is C10H9NNa3O9S3. The topological polar surface area (TPSA) is 189 Å². The molecule has 0 unspecified atom stereocenters. The Morgan fingerprint density at radius 1 is 0.615 bits per heavy atom. The minimum Gasteiger partial charge on any atom is -0.399 e. The zero-order valence-corrected chi connectivity index (χ0v) is 22.4. The Morgan fingerprint density at radius 3 is 1.38 bits per heavy atom. The molecule has 5 N–H and O–H groups in total. The van der Waals surface area contributed by atoms with Crippen molar-refractivity contribution in [3.05, 3.63) is 24.3 Å². The Hall–Kier alpha value is 1.23. The van der Waals surface area contributed by atoms with Crippen LogP contribution in [0.1, 0.15) is 0 Å². The van der Waals surface area contributed by atoms with Gasteiger partial charge in [-0.2, -0.15) is 25.3 Å². The van der Waals surface area contributed by atoms with Crippen molar-refractivity contribution in [2.75, 3.05) is 5.73 Å². The third-order valence-electron chi connectivity index (χ3n) is 2.84. The number of hydrogen-bond donors (Lipinski definition) is 4. The van der Waals surface area contributed by atoms with E-state index < -0.39 is 55.8 Å². The Morgan fingerprint density at radius 2 is 1.00 bits per heavy atom. The first-order valence-electron chi connectivity index (χ1n) is 5.51. The molecule has 0 bridgehead atoms. The van der Waals surface area contributed by atoms with E-state index in [1.165, 1.54) is 0 Å². The van der Waals surface area contributed by atoms with Crippen LogP contribution in [-0.4, -0.2) is 128 Å². The second-order valence-corrected chi connectivity index (χ2v) is 8.66. The molecule has 0 aliphatic carbocycles. The molecule has 16 heteroatoms. The van der Waals surface area contributed by atoms with Gasteiger partial charge < -0.3 is 5.73 Å². The van der Waals surface area contributed by atoms with Crippen LogP contribution in [0.2, 0.25) is 0 Å². The maximum atomic E-state index is 11.4. The van der Waals surface area contributed by atoms with Crippen LogP contribution in [0.3, 0.4) is 0 Å². The van der Waals surface area contributed by atoms with Crippen molar-refractivity contribution in [3.63, 3.8) is 0 Å². The van der Waals surface area contributed by atoms with Crippen LogP contribution < -0.4 is 5.73 Å². The molecule has 0 aliphatic rings. The quantitative estimate of drug-likeness (QED) is 0.256. The van der Waals surface area contributed by atoms with E-state index in [0.717, 1.165) is 12.1 Å². The Balaban J connectivity index is 0. The number of nitrogens with two attached hydrogens (primary N) is 1. The van der Waals surface area contributed by atoms with Gasteiger partial charge in [-0.15, -0.1) is 0 Å². The number of anilines is 1. The minimum absolute atomic E-state index is 0. The van der Waals surface area contributed by atoms with Gasteiger partial charge in [-0.05, 0) is 24.3 Å². The predicted octanol–water partition coefficient (Wildman–Crippen LogP) is -0.980. The molecule has 2 aromatic carbocycles. The minimum atomic E-state index is -5.00. The summed E-state index contributed by atoms with van der Waals surface area (Å²) in [5, 5.41) is -1.02. The molecule has 0 saturated heterocycles. The Kier molecular flexibility index (Phi) is 11.1. The number of nitrogen functional groups attached to an aromatic ring is 1. The molecule has 0 fully saturated rings. The fourth-order valence-electron chi connectivity index (χ4n) is 1.97. The fourth-order valence-corrected chi connectivity index (χ4v) is 4.03. The monoisotopic (exact) mass is 452 g/mol. The maximum Gasteiger partial charge on any atom is 0.295 e. The van der Waals surface area contributed by atoms with Gasteiger partial charge in [0.25, 0.3) is 30.4 Å².